The normalized spacial score (nSPS) is 19.2. The molecule has 1 aromatic rings. The highest BCUT2D eigenvalue weighted by molar-refractivity contribution is 7.99. The Bertz CT molecular complexity index is 450. The number of hydrogen-bond donors (Lipinski definition) is 1. The molecule has 0 bridgehead atoms. The van der Waals surface area contributed by atoms with Crippen LogP contribution in [0.15, 0.2) is 18.2 Å². The van der Waals surface area contributed by atoms with Crippen molar-refractivity contribution in [2.45, 2.75) is 13.0 Å². The zero-order chi connectivity index (χ0) is 14.3. The second kappa shape index (κ2) is 7.92. The average molecular weight is 308 g/mol. The smallest absolute Gasteiger partial charge is 0.161 e. The number of thioether (sulfide) groups is 1. The Hall–Kier alpha value is -0.910. The van der Waals surface area contributed by atoms with Crippen LogP contribution < -0.4 is 14.8 Å². The predicted octanol–water partition coefficient (Wildman–Crippen LogP) is 1.99. The molecular weight excluding hydrogens is 284 g/mol. The highest BCUT2D eigenvalue weighted by atomic mass is 32.2. The van der Waals surface area contributed by atoms with Crippen LogP contribution in [-0.2, 0) is 6.54 Å². The summed E-state index contributed by atoms with van der Waals surface area (Å²) >= 11 is 2.06. The Kier molecular flexibility index (Phi) is 5.66. The lowest BCUT2D eigenvalue weighted by atomic mass is 10.2. The number of ether oxygens (including phenoxy) is 2. The van der Waals surface area contributed by atoms with Gasteiger partial charge in [-0.2, -0.15) is 11.8 Å². The summed E-state index contributed by atoms with van der Waals surface area (Å²) in [4.78, 5) is 2.54. The number of nitrogens with zero attached hydrogens (tertiary/aromatic N) is 1. The average Bonchev–Trinajstić information content (AvgIpc) is 2.77. The van der Waals surface area contributed by atoms with Gasteiger partial charge in [-0.25, -0.2) is 0 Å². The van der Waals surface area contributed by atoms with Crippen LogP contribution in [0.5, 0.6) is 11.5 Å². The molecule has 4 nitrogen and oxygen atoms in total. The minimum atomic E-state index is 0.747. The molecule has 0 spiro atoms. The molecule has 2 heterocycles. The van der Waals surface area contributed by atoms with Crippen LogP contribution in [-0.4, -0.2) is 55.8 Å². The van der Waals surface area contributed by atoms with Gasteiger partial charge in [-0.15, -0.1) is 0 Å². The van der Waals surface area contributed by atoms with Gasteiger partial charge in [-0.3, -0.25) is 0 Å². The summed E-state index contributed by atoms with van der Waals surface area (Å²) in [5.41, 5.74) is 1.26. The van der Waals surface area contributed by atoms with E-state index >= 15 is 0 Å². The minimum Gasteiger partial charge on any atom is -0.490 e. The van der Waals surface area contributed by atoms with Crippen molar-refractivity contribution in [1.29, 1.82) is 0 Å². The molecule has 0 aromatic heterocycles. The first-order chi connectivity index (χ1) is 10.4. The standard InChI is InChI=1S/C16H24N2O2S/c1-8-19-15-3-2-14(12-16(15)20-9-1)13-17-4-5-18-6-10-21-11-7-18/h2-3,12,17H,1,4-11,13H2. The van der Waals surface area contributed by atoms with Gasteiger partial charge >= 0.3 is 0 Å². The first-order valence-electron chi connectivity index (χ1n) is 7.81. The number of nitrogens with one attached hydrogen (secondary N) is 1. The Morgan fingerprint density at radius 3 is 2.76 bits per heavy atom. The van der Waals surface area contributed by atoms with Gasteiger partial charge in [-0.1, -0.05) is 6.07 Å². The highest BCUT2D eigenvalue weighted by Crippen LogP contribution is 2.30. The Morgan fingerprint density at radius 1 is 1.10 bits per heavy atom. The van der Waals surface area contributed by atoms with E-state index in [1.165, 1.54) is 30.2 Å². The van der Waals surface area contributed by atoms with Crippen LogP contribution in [0, 0.1) is 0 Å². The maximum absolute atomic E-state index is 5.73. The molecule has 1 N–H and O–H groups in total. The third-order valence-electron chi connectivity index (χ3n) is 3.85. The summed E-state index contributed by atoms with van der Waals surface area (Å²) in [6, 6.07) is 6.25. The molecule has 5 heteroatoms. The van der Waals surface area contributed by atoms with Crippen molar-refractivity contribution in [3.05, 3.63) is 23.8 Å². The SMILES string of the molecule is c1cc2c(cc1CNCCN1CCSCC1)OCCCO2. The van der Waals surface area contributed by atoms with E-state index in [0.717, 1.165) is 50.8 Å². The molecule has 1 aromatic carbocycles. The van der Waals surface area contributed by atoms with Gasteiger partial charge in [0.1, 0.15) is 0 Å². The van der Waals surface area contributed by atoms with Gasteiger partial charge in [0.15, 0.2) is 11.5 Å². The van der Waals surface area contributed by atoms with Crippen LogP contribution in [0.25, 0.3) is 0 Å². The van der Waals surface area contributed by atoms with Crippen LogP contribution in [0.1, 0.15) is 12.0 Å². The molecule has 0 atom stereocenters. The lowest BCUT2D eigenvalue weighted by Gasteiger charge is -2.26. The zero-order valence-electron chi connectivity index (χ0n) is 12.5. The fraction of sp³-hybridized carbons (Fsp3) is 0.625. The molecule has 2 aliphatic rings. The number of benzene rings is 1. The molecule has 0 aliphatic carbocycles. The van der Waals surface area contributed by atoms with Gasteiger partial charge in [-0.05, 0) is 17.7 Å². The molecule has 116 valence electrons. The quantitative estimate of drug-likeness (QED) is 0.841. The Morgan fingerprint density at radius 2 is 1.90 bits per heavy atom. The van der Waals surface area contributed by atoms with Crippen molar-refractivity contribution < 1.29 is 9.47 Å². The van der Waals surface area contributed by atoms with E-state index in [0.29, 0.717) is 0 Å². The van der Waals surface area contributed by atoms with Gasteiger partial charge in [0.2, 0.25) is 0 Å². The molecule has 21 heavy (non-hydrogen) atoms. The van der Waals surface area contributed by atoms with E-state index in [4.69, 9.17) is 9.47 Å². The van der Waals surface area contributed by atoms with E-state index in [1.54, 1.807) is 0 Å². The Labute approximate surface area is 131 Å². The second-order valence-corrected chi connectivity index (χ2v) is 6.69. The molecule has 0 saturated carbocycles. The first-order valence-corrected chi connectivity index (χ1v) is 8.97. The van der Waals surface area contributed by atoms with Crippen molar-refractivity contribution in [3.63, 3.8) is 0 Å². The molecule has 0 unspecified atom stereocenters. The highest BCUT2D eigenvalue weighted by Gasteiger charge is 2.11. The molecule has 2 aliphatic heterocycles. The summed E-state index contributed by atoms with van der Waals surface area (Å²) in [7, 11) is 0. The minimum absolute atomic E-state index is 0.747. The van der Waals surface area contributed by atoms with Crippen LogP contribution in [0.3, 0.4) is 0 Å². The van der Waals surface area contributed by atoms with Gasteiger partial charge in [0, 0.05) is 50.7 Å². The van der Waals surface area contributed by atoms with Crippen molar-refractivity contribution in [1.82, 2.24) is 10.2 Å². The van der Waals surface area contributed by atoms with Gasteiger partial charge < -0.3 is 19.7 Å². The maximum Gasteiger partial charge on any atom is 0.161 e. The van der Waals surface area contributed by atoms with Crippen LogP contribution in [0.2, 0.25) is 0 Å². The van der Waals surface area contributed by atoms with Gasteiger partial charge in [0.05, 0.1) is 13.2 Å². The summed E-state index contributed by atoms with van der Waals surface area (Å²) in [5.74, 6) is 4.33. The van der Waals surface area contributed by atoms with E-state index in [2.05, 4.69) is 34.1 Å². The number of hydrogen-bond acceptors (Lipinski definition) is 5. The molecule has 0 amide bonds. The lowest BCUT2D eigenvalue weighted by Crippen LogP contribution is -2.37. The van der Waals surface area contributed by atoms with Crippen molar-refractivity contribution in [2.24, 2.45) is 0 Å². The van der Waals surface area contributed by atoms with E-state index in [1.807, 2.05) is 6.07 Å². The molecule has 3 rings (SSSR count). The van der Waals surface area contributed by atoms with Crippen molar-refractivity contribution in [3.8, 4) is 11.5 Å². The predicted molar refractivity (Wildman–Crippen MR) is 87.5 cm³/mol. The molecule has 0 radical (unpaired) electrons. The zero-order valence-corrected chi connectivity index (χ0v) is 13.3. The fourth-order valence-electron chi connectivity index (χ4n) is 2.61. The van der Waals surface area contributed by atoms with E-state index in [-0.39, 0.29) is 0 Å². The van der Waals surface area contributed by atoms with Crippen molar-refractivity contribution in [2.75, 3.05) is 50.9 Å². The summed E-state index contributed by atoms with van der Waals surface area (Å²) in [6.07, 6.45) is 0.955. The summed E-state index contributed by atoms with van der Waals surface area (Å²) < 4.78 is 11.4. The summed E-state index contributed by atoms with van der Waals surface area (Å²) in [6.45, 7) is 7.03. The first kappa shape index (κ1) is 15.0. The number of fused-ring (bicyclic) bond motifs is 1. The lowest BCUT2D eigenvalue weighted by molar-refractivity contribution is 0.296. The van der Waals surface area contributed by atoms with E-state index < -0.39 is 0 Å². The number of rotatable bonds is 5. The van der Waals surface area contributed by atoms with Crippen LogP contribution in [0.4, 0.5) is 0 Å². The largest absolute Gasteiger partial charge is 0.490 e. The van der Waals surface area contributed by atoms with E-state index in [9.17, 15) is 0 Å². The fourth-order valence-corrected chi connectivity index (χ4v) is 3.59. The second-order valence-electron chi connectivity index (χ2n) is 5.46. The monoisotopic (exact) mass is 308 g/mol. The Balaban J connectivity index is 1.43. The molecular formula is C16H24N2O2S. The molecule has 1 fully saturated rings. The van der Waals surface area contributed by atoms with Crippen molar-refractivity contribution >= 4 is 11.8 Å². The summed E-state index contributed by atoms with van der Waals surface area (Å²) in [5, 5.41) is 3.53. The van der Waals surface area contributed by atoms with Crippen LogP contribution >= 0.6 is 11.8 Å². The third kappa shape index (κ3) is 4.53. The molecule has 1 saturated heterocycles. The van der Waals surface area contributed by atoms with Gasteiger partial charge in [0.25, 0.3) is 0 Å². The topological polar surface area (TPSA) is 33.7 Å². The third-order valence-corrected chi connectivity index (χ3v) is 4.79. The maximum atomic E-state index is 5.73.